The molecule has 0 unspecified atom stereocenters. The Labute approximate surface area is 196 Å². The number of fused-ring (bicyclic) bond motifs is 1. The van der Waals surface area contributed by atoms with E-state index in [1.54, 1.807) is 23.0 Å². The number of halogens is 2. The van der Waals surface area contributed by atoms with Gasteiger partial charge in [-0.2, -0.15) is 5.10 Å². The lowest BCUT2D eigenvalue weighted by atomic mass is 10.2. The maximum Gasteiger partial charge on any atom is 0.238 e. The Hall–Kier alpha value is -3.14. The van der Waals surface area contributed by atoms with E-state index in [2.05, 4.69) is 30.7 Å². The first-order valence-corrected chi connectivity index (χ1v) is 10.1. The minimum atomic E-state index is 0. The smallest absolute Gasteiger partial charge is 0.238 e. The normalized spacial score (nSPS) is 10.6. The van der Waals surface area contributed by atoms with Gasteiger partial charge in [0, 0.05) is 30.8 Å². The highest BCUT2D eigenvalue weighted by atomic mass is 35.5. The van der Waals surface area contributed by atoms with Gasteiger partial charge in [-0.25, -0.2) is 15.0 Å². The van der Waals surface area contributed by atoms with Gasteiger partial charge in [-0.1, -0.05) is 11.6 Å². The molecule has 0 saturated heterocycles. The molecule has 11 heteroatoms. The Kier molecular flexibility index (Phi) is 8.04. The summed E-state index contributed by atoms with van der Waals surface area (Å²) in [5.74, 6) is 2.76. The van der Waals surface area contributed by atoms with Crippen LogP contribution in [-0.4, -0.2) is 44.9 Å². The summed E-state index contributed by atoms with van der Waals surface area (Å²) < 4.78 is 13.3. The molecule has 0 saturated carbocycles. The molecular formula is C21H23Cl2N7O2. The van der Waals surface area contributed by atoms with Crippen LogP contribution < -0.4 is 20.1 Å². The van der Waals surface area contributed by atoms with Crippen molar-refractivity contribution in [3.63, 3.8) is 0 Å². The molecule has 2 N–H and O–H groups in total. The van der Waals surface area contributed by atoms with Gasteiger partial charge in [0.2, 0.25) is 5.88 Å². The fraction of sp³-hybridized carbons (Fsp3) is 0.238. The molecule has 0 aliphatic carbocycles. The van der Waals surface area contributed by atoms with Gasteiger partial charge in [0.15, 0.2) is 5.82 Å². The average molecular weight is 476 g/mol. The van der Waals surface area contributed by atoms with Crippen LogP contribution in [0.2, 0.25) is 5.02 Å². The minimum Gasteiger partial charge on any atom is -0.492 e. The number of rotatable bonds is 9. The highest BCUT2D eigenvalue weighted by molar-refractivity contribution is 6.32. The number of anilines is 2. The Morgan fingerprint density at radius 2 is 1.97 bits per heavy atom. The van der Waals surface area contributed by atoms with Crippen LogP contribution in [-0.2, 0) is 7.05 Å². The second-order valence-electron chi connectivity index (χ2n) is 6.77. The number of hydrogen-bond acceptors (Lipinski definition) is 8. The Balaban J connectivity index is 0.00000289. The lowest BCUT2D eigenvalue weighted by molar-refractivity contribution is 0.307. The van der Waals surface area contributed by atoms with Gasteiger partial charge in [-0.05, 0) is 38.2 Å². The molecule has 3 aromatic heterocycles. The van der Waals surface area contributed by atoms with Crippen molar-refractivity contribution in [1.82, 2.24) is 30.0 Å². The molecule has 168 valence electrons. The fourth-order valence-corrected chi connectivity index (χ4v) is 3.11. The first-order valence-electron chi connectivity index (χ1n) is 9.74. The molecule has 1 aromatic carbocycles. The maximum absolute atomic E-state index is 6.35. The largest absolute Gasteiger partial charge is 0.492 e. The molecule has 0 atom stereocenters. The van der Waals surface area contributed by atoms with Gasteiger partial charge in [0.05, 0.1) is 18.3 Å². The average Bonchev–Trinajstić information content (AvgIpc) is 3.18. The quantitative estimate of drug-likeness (QED) is 0.344. The van der Waals surface area contributed by atoms with E-state index in [1.807, 2.05) is 38.5 Å². The molecule has 0 bridgehead atoms. The molecule has 32 heavy (non-hydrogen) atoms. The van der Waals surface area contributed by atoms with Crippen molar-refractivity contribution in [2.75, 3.05) is 25.5 Å². The third-order valence-corrected chi connectivity index (χ3v) is 4.67. The molecule has 0 aliphatic heterocycles. The number of pyridine rings is 1. The van der Waals surface area contributed by atoms with Crippen LogP contribution in [0.1, 0.15) is 6.42 Å². The molecule has 9 nitrogen and oxygen atoms in total. The number of nitrogens with zero attached hydrogens (tertiary/aromatic N) is 5. The van der Waals surface area contributed by atoms with E-state index in [4.69, 9.17) is 21.1 Å². The first-order chi connectivity index (χ1) is 15.1. The van der Waals surface area contributed by atoms with E-state index in [9.17, 15) is 0 Å². The molecule has 0 spiro atoms. The van der Waals surface area contributed by atoms with E-state index >= 15 is 0 Å². The zero-order valence-electron chi connectivity index (χ0n) is 17.6. The van der Waals surface area contributed by atoms with E-state index < -0.39 is 0 Å². The molecule has 4 rings (SSSR count). The van der Waals surface area contributed by atoms with Gasteiger partial charge in [0.25, 0.3) is 0 Å². The van der Waals surface area contributed by atoms with Crippen molar-refractivity contribution < 1.29 is 9.47 Å². The Morgan fingerprint density at radius 3 is 2.72 bits per heavy atom. The number of hydrogen-bond donors (Lipinski definition) is 2. The summed E-state index contributed by atoms with van der Waals surface area (Å²) in [7, 11) is 3.76. The molecule has 0 fully saturated rings. The Bertz CT molecular complexity index is 1190. The zero-order chi connectivity index (χ0) is 21.6. The number of aromatic nitrogens is 5. The number of nitrogens with one attached hydrogen (secondary N) is 2. The summed E-state index contributed by atoms with van der Waals surface area (Å²) in [6.07, 6.45) is 5.84. The third kappa shape index (κ3) is 5.76. The predicted octanol–water partition coefficient (Wildman–Crippen LogP) is 4.36. The molecule has 4 aromatic rings. The molecule has 3 heterocycles. The van der Waals surface area contributed by atoms with Crippen LogP contribution >= 0.6 is 24.0 Å². The molecule has 0 aliphatic rings. The maximum atomic E-state index is 6.35. The highest BCUT2D eigenvalue weighted by Gasteiger charge is 2.11. The van der Waals surface area contributed by atoms with Crippen LogP contribution in [0.25, 0.3) is 10.9 Å². The van der Waals surface area contributed by atoms with Crippen molar-refractivity contribution in [2.24, 2.45) is 7.05 Å². The predicted molar refractivity (Wildman–Crippen MR) is 127 cm³/mol. The lowest BCUT2D eigenvalue weighted by Crippen LogP contribution is -2.11. The van der Waals surface area contributed by atoms with Crippen molar-refractivity contribution in [2.45, 2.75) is 6.42 Å². The second-order valence-corrected chi connectivity index (χ2v) is 7.17. The summed E-state index contributed by atoms with van der Waals surface area (Å²) in [5, 5.41) is 11.8. The number of ether oxygens (including phenoxy) is 2. The summed E-state index contributed by atoms with van der Waals surface area (Å²) in [4.78, 5) is 12.9. The van der Waals surface area contributed by atoms with E-state index in [0.29, 0.717) is 40.6 Å². The van der Waals surface area contributed by atoms with Crippen LogP contribution in [0.15, 0.2) is 49.1 Å². The van der Waals surface area contributed by atoms with Gasteiger partial charge < -0.3 is 20.1 Å². The lowest BCUT2D eigenvalue weighted by Gasteiger charge is -2.11. The van der Waals surface area contributed by atoms with Crippen molar-refractivity contribution in [3.05, 3.63) is 54.1 Å². The van der Waals surface area contributed by atoms with Crippen LogP contribution in [0.4, 0.5) is 11.6 Å². The monoisotopic (exact) mass is 475 g/mol. The van der Waals surface area contributed by atoms with E-state index in [-0.39, 0.29) is 12.4 Å². The molecule has 0 amide bonds. The van der Waals surface area contributed by atoms with Crippen LogP contribution in [0, 0.1) is 0 Å². The van der Waals surface area contributed by atoms with Crippen molar-refractivity contribution >= 4 is 46.5 Å². The third-order valence-electron chi connectivity index (χ3n) is 4.40. The van der Waals surface area contributed by atoms with Gasteiger partial charge in [0.1, 0.15) is 28.7 Å². The first kappa shape index (κ1) is 23.5. The summed E-state index contributed by atoms with van der Waals surface area (Å²) in [5.41, 5.74) is 0.769. The highest BCUT2D eigenvalue weighted by Crippen LogP contribution is 2.32. The summed E-state index contributed by atoms with van der Waals surface area (Å²) >= 11 is 6.35. The summed E-state index contributed by atoms with van der Waals surface area (Å²) in [6.45, 7) is 1.46. The van der Waals surface area contributed by atoms with E-state index in [0.717, 1.165) is 23.9 Å². The van der Waals surface area contributed by atoms with Gasteiger partial charge in [-0.3, -0.25) is 4.68 Å². The van der Waals surface area contributed by atoms with Gasteiger partial charge in [-0.15, -0.1) is 12.4 Å². The minimum absolute atomic E-state index is 0. The second kappa shape index (κ2) is 10.9. The Morgan fingerprint density at radius 1 is 1.09 bits per heavy atom. The van der Waals surface area contributed by atoms with Crippen LogP contribution in [0.3, 0.4) is 0 Å². The summed E-state index contributed by atoms with van der Waals surface area (Å²) in [6, 6.07) is 9.05. The topological polar surface area (TPSA) is 99.0 Å². The van der Waals surface area contributed by atoms with E-state index in [1.165, 1.54) is 6.33 Å². The number of aryl methyl sites for hydroxylation is 1. The fourth-order valence-electron chi connectivity index (χ4n) is 2.91. The SMILES string of the molecule is CNCCCOc1cnc(Oc2ccc3ncnc(Nc4ccn(C)n4)c3c2)c(Cl)c1.Cl. The molecule has 0 radical (unpaired) electrons. The molecular weight excluding hydrogens is 453 g/mol. The van der Waals surface area contributed by atoms with Crippen molar-refractivity contribution in [1.29, 1.82) is 0 Å². The number of benzene rings is 1. The van der Waals surface area contributed by atoms with Gasteiger partial charge >= 0.3 is 0 Å². The van der Waals surface area contributed by atoms with Crippen molar-refractivity contribution in [3.8, 4) is 17.4 Å². The zero-order valence-corrected chi connectivity index (χ0v) is 19.2. The standard InChI is InChI=1S/C21H22ClN7O2.ClH/c1-23-7-3-9-30-15-11-17(22)21(24-12-15)31-14-4-5-18-16(10-14)20(26-13-25-18)27-19-6-8-29(2)28-19;/h4-6,8,10-13,23H,3,7,9H2,1-2H3,(H,25,26,27,28);1H. The van der Waals surface area contributed by atoms with Crippen LogP contribution in [0.5, 0.6) is 17.4 Å².